The monoisotopic (exact) mass is 299 g/mol. The SMILES string of the molecule is CCOC(=O)C(Cc1ccccc1)CS(=O)(=O)N(C)C. The summed E-state index contributed by atoms with van der Waals surface area (Å²) in [5, 5.41) is 0. The van der Waals surface area contributed by atoms with E-state index in [1.807, 2.05) is 30.3 Å². The molecule has 1 aromatic carbocycles. The lowest BCUT2D eigenvalue weighted by molar-refractivity contribution is -0.147. The van der Waals surface area contributed by atoms with E-state index < -0.39 is 21.9 Å². The van der Waals surface area contributed by atoms with Crippen LogP contribution in [0.15, 0.2) is 30.3 Å². The van der Waals surface area contributed by atoms with Gasteiger partial charge in [0, 0.05) is 14.1 Å². The van der Waals surface area contributed by atoms with Crippen molar-refractivity contribution >= 4 is 16.0 Å². The number of hydrogen-bond acceptors (Lipinski definition) is 4. The van der Waals surface area contributed by atoms with Crippen LogP contribution in [0.3, 0.4) is 0 Å². The molecule has 0 heterocycles. The normalized spacial score (nSPS) is 13.2. The second kappa shape index (κ2) is 7.40. The van der Waals surface area contributed by atoms with Crippen molar-refractivity contribution in [3.8, 4) is 0 Å². The van der Waals surface area contributed by atoms with E-state index in [1.165, 1.54) is 14.1 Å². The molecule has 1 rings (SSSR count). The largest absolute Gasteiger partial charge is 0.466 e. The number of rotatable bonds is 7. The van der Waals surface area contributed by atoms with Crippen molar-refractivity contribution in [2.75, 3.05) is 26.5 Å². The standard InChI is InChI=1S/C14H21NO4S/c1-4-19-14(16)13(11-20(17,18)15(2)3)10-12-8-6-5-7-9-12/h5-9,13H,4,10-11H2,1-3H3. The molecule has 0 aromatic heterocycles. The minimum Gasteiger partial charge on any atom is -0.466 e. The predicted octanol–water partition coefficient (Wildman–Crippen LogP) is 1.30. The molecule has 1 atom stereocenters. The average Bonchev–Trinajstić information content (AvgIpc) is 2.39. The van der Waals surface area contributed by atoms with Crippen molar-refractivity contribution in [1.82, 2.24) is 4.31 Å². The third-order valence-electron chi connectivity index (χ3n) is 2.91. The van der Waals surface area contributed by atoms with Crippen molar-refractivity contribution in [2.45, 2.75) is 13.3 Å². The fourth-order valence-corrected chi connectivity index (χ4v) is 2.83. The van der Waals surface area contributed by atoms with Gasteiger partial charge in [0.15, 0.2) is 0 Å². The molecule has 0 radical (unpaired) electrons. The van der Waals surface area contributed by atoms with E-state index in [9.17, 15) is 13.2 Å². The first-order chi connectivity index (χ1) is 9.36. The minimum atomic E-state index is -3.45. The van der Waals surface area contributed by atoms with Gasteiger partial charge in [0.1, 0.15) is 0 Å². The Hall–Kier alpha value is -1.40. The van der Waals surface area contributed by atoms with E-state index in [-0.39, 0.29) is 12.4 Å². The van der Waals surface area contributed by atoms with E-state index in [1.54, 1.807) is 6.92 Å². The minimum absolute atomic E-state index is 0.242. The van der Waals surface area contributed by atoms with Gasteiger partial charge in [0.25, 0.3) is 0 Å². The lowest BCUT2D eigenvalue weighted by atomic mass is 10.0. The Labute approximate surface area is 120 Å². The molecule has 0 aliphatic carbocycles. The van der Waals surface area contributed by atoms with Gasteiger partial charge in [0.05, 0.1) is 18.3 Å². The van der Waals surface area contributed by atoms with Gasteiger partial charge in [0.2, 0.25) is 10.0 Å². The van der Waals surface area contributed by atoms with Gasteiger partial charge < -0.3 is 4.74 Å². The van der Waals surface area contributed by atoms with Gasteiger partial charge in [-0.2, -0.15) is 0 Å². The maximum Gasteiger partial charge on any atom is 0.310 e. The zero-order valence-electron chi connectivity index (χ0n) is 12.1. The summed E-state index contributed by atoms with van der Waals surface area (Å²) in [6.45, 7) is 1.95. The molecule has 0 aliphatic heterocycles. The number of benzene rings is 1. The highest BCUT2D eigenvalue weighted by atomic mass is 32.2. The molecule has 5 nitrogen and oxygen atoms in total. The van der Waals surface area contributed by atoms with Gasteiger partial charge >= 0.3 is 5.97 Å². The first kappa shape index (κ1) is 16.7. The first-order valence-electron chi connectivity index (χ1n) is 6.47. The molecule has 0 aliphatic rings. The number of sulfonamides is 1. The van der Waals surface area contributed by atoms with Crippen LogP contribution in [-0.4, -0.2) is 45.1 Å². The molecule has 0 amide bonds. The number of nitrogens with zero attached hydrogens (tertiary/aromatic N) is 1. The summed E-state index contributed by atoms with van der Waals surface area (Å²) in [7, 11) is -0.532. The fraction of sp³-hybridized carbons (Fsp3) is 0.500. The molecule has 0 fully saturated rings. The molecule has 0 saturated carbocycles. The Morgan fingerprint density at radius 2 is 1.85 bits per heavy atom. The average molecular weight is 299 g/mol. The van der Waals surface area contributed by atoms with Gasteiger partial charge in [-0.1, -0.05) is 30.3 Å². The summed E-state index contributed by atoms with van der Waals surface area (Å²) in [4.78, 5) is 11.9. The molecular formula is C14H21NO4S. The highest BCUT2D eigenvalue weighted by molar-refractivity contribution is 7.89. The topological polar surface area (TPSA) is 63.7 Å². The Kier molecular flexibility index (Phi) is 6.16. The summed E-state index contributed by atoms with van der Waals surface area (Å²) in [6.07, 6.45) is 0.354. The van der Waals surface area contributed by atoms with Crippen LogP contribution in [-0.2, 0) is 26.0 Å². The smallest absolute Gasteiger partial charge is 0.310 e. The number of ether oxygens (including phenoxy) is 1. The Morgan fingerprint density at radius 3 is 2.35 bits per heavy atom. The van der Waals surface area contributed by atoms with E-state index in [4.69, 9.17) is 4.74 Å². The second-order valence-corrected chi connectivity index (χ2v) is 6.93. The molecular weight excluding hydrogens is 278 g/mol. The molecule has 6 heteroatoms. The molecule has 1 unspecified atom stereocenters. The zero-order valence-corrected chi connectivity index (χ0v) is 12.9. The predicted molar refractivity (Wildman–Crippen MR) is 77.7 cm³/mol. The van der Waals surface area contributed by atoms with Crippen molar-refractivity contribution in [2.24, 2.45) is 5.92 Å². The summed E-state index contributed by atoms with van der Waals surface area (Å²) in [5.74, 6) is -1.40. The van der Waals surface area contributed by atoms with Gasteiger partial charge in [-0.15, -0.1) is 0 Å². The Morgan fingerprint density at radius 1 is 1.25 bits per heavy atom. The number of hydrogen-bond donors (Lipinski definition) is 0. The van der Waals surface area contributed by atoms with Crippen LogP contribution in [0.5, 0.6) is 0 Å². The quantitative estimate of drug-likeness (QED) is 0.712. The first-order valence-corrected chi connectivity index (χ1v) is 8.08. The molecule has 20 heavy (non-hydrogen) atoms. The lowest BCUT2D eigenvalue weighted by Crippen LogP contribution is -2.34. The number of carbonyl (C=O) groups is 1. The molecule has 0 N–H and O–H groups in total. The van der Waals surface area contributed by atoms with Gasteiger partial charge in [-0.05, 0) is 18.9 Å². The van der Waals surface area contributed by atoms with E-state index >= 15 is 0 Å². The molecule has 0 spiro atoms. The molecule has 112 valence electrons. The second-order valence-electron chi connectivity index (χ2n) is 4.70. The van der Waals surface area contributed by atoms with Crippen molar-refractivity contribution in [3.05, 3.63) is 35.9 Å². The fourth-order valence-electron chi connectivity index (χ4n) is 1.77. The summed E-state index contributed by atoms with van der Waals surface area (Å²) >= 11 is 0. The maximum absolute atomic E-state index is 12.0. The van der Waals surface area contributed by atoms with Crippen molar-refractivity contribution < 1.29 is 17.9 Å². The van der Waals surface area contributed by atoms with Crippen LogP contribution in [0, 0.1) is 5.92 Å². The Balaban J connectivity index is 2.89. The van der Waals surface area contributed by atoms with Crippen LogP contribution >= 0.6 is 0 Å². The lowest BCUT2D eigenvalue weighted by Gasteiger charge is -2.18. The van der Waals surface area contributed by atoms with Crippen molar-refractivity contribution in [3.63, 3.8) is 0 Å². The number of carbonyl (C=O) groups excluding carboxylic acids is 1. The summed E-state index contributed by atoms with van der Waals surface area (Å²) < 4.78 is 30.0. The third-order valence-corrected chi connectivity index (χ3v) is 4.85. The highest BCUT2D eigenvalue weighted by Crippen LogP contribution is 2.14. The van der Waals surface area contributed by atoms with Crippen LogP contribution < -0.4 is 0 Å². The van der Waals surface area contributed by atoms with Crippen LogP contribution in [0.1, 0.15) is 12.5 Å². The maximum atomic E-state index is 12.0. The van der Waals surface area contributed by atoms with Crippen LogP contribution in [0.2, 0.25) is 0 Å². The third kappa shape index (κ3) is 4.94. The summed E-state index contributed by atoms with van der Waals surface area (Å²) in [5.41, 5.74) is 0.916. The van der Waals surface area contributed by atoms with Gasteiger partial charge in [-0.25, -0.2) is 12.7 Å². The summed E-state index contributed by atoms with van der Waals surface area (Å²) in [6, 6.07) is 9.33. The van der Waals surface area contributed by atoms with E-state index in [0.29, 0.717) is 6.42 Å². The highest BCUT2D eigenvalue weighted by Gasteiger charge is 2.28. The molecule has 0 saturated heterocycles. The van der Waals surface area contributed by atoms with Crippen LogP contribution in [0.4, 0.5) is 0 Å². The van der Waals surface area contributed by atoms with Gasteiger partial charge in [-0.3, -0.25) is 4.79 Å². The van der Waals surface area contributed by atoms with E-state index in [2.05, 4.69) is 0 Å². The van der Waals surface area contributed by atoms with Crippen molar-refractivity contribution in [1.29, 1.82) is 0 Å². The molecule has 0 bridgehead atoms. The number of esters is 1. The zero-order chi connectivity index (χ0) is 15.2. The Bertz CT molecular complexity index is 525. The molecule has 1 aromatic rings. The van der Waals surface area contributed by atoms with E-state index in [0.717, 1.165) is 9.87 Å². The van der Waals surface area contributed by atoms with Crippen LogP contribution in [0.25, 0.3) is 0 Å².